The van der Waals surface area contributed by atoms with Crippen LogP contribution in [-0.2, 0) is 10.2 Å². The molecule has 0 aliphatic carbocycles. The third kappa shape index (κ3) is 3.98. The molecule has 0 bridgehead atoms. The summed E-state index contributed by atoms with van der Waals surface area (Å²) < 4.78 is 11.3. The lowest BCUT2D eigenvalue weighted by Crippen LogP contribution is -2.22. The van der Waals surface area contributed by atoms with Crippen LogP contribution in [0.25, 0.3) is 22.3 Å². The van der Waals surface area contributed by atoms with E-state index in [1.165, 1.54) is 6.07 Å². The molecular formula is C21H20ClNO4. The molecule has 1 aromatic heterocycles. The fourth-order valence-corrected chi connectivity index (χ4v) is 2.91. The van der Waals surface area contributed by atoms with Gasteiger partial charge in [0.1, 0.15) is 5.58 Å². The van der Waals surface area contributed by atoms with Crippen molar-refractivity contribution in [3.05, 3.63) is 63.3 Å². The van der Waals surface area contributed by atoms with Crippen molar-refractivity contribution >= 4 is 28.5 Å². The minimum atomic E-state index is -0.686. The molecule has 0 aliphatic heterocycles. The van der Waals surface area contributed by atoms with Crippen molar-refractivity contribution < 1.29 is 13.9 Å². The average Bonchev–Trinajstić information content (AvgIpc) is 2.60. The zero-order valence-corrected chi connectivity index (χ0v) is 16.1. The summed E-state index contributed by atoms with van der Waals surface area (Å²) in [4.78, 5) is 24.1. The van der Waals surface area contributed by atoms with Crippen LogP contribution in [0.1, 0.15) is 26.3 Å². The highest BCUT2D eigenvalue weighted by atomic mass is 35.5. The molecule has 0 saturated carbocycles. The monoisotopic (exact) mass is 385 g/mol. The normalized spacial score (nSPS) is 11.6. The number of benzene rings is 2. The highest BCUT2D eigenvalue weighted by Gasteiger charge is 2.20. The summed E-state index contributed by atoms with van der Waals surface area (Å²) in [5.41, 5.74) is 6.93. The average molecular weight is 386 g/mol. The van der Waals surface area contributed by atoms with Crippen LogP contribution in [0, 0.1) is 0 Å². The molecule has 2 N–H and O–H groups in total. The Morgan fingerprint density at radius 1 is 1.15 bits per heavy atom. The van der Waals surface area contributed by atoms with Crippen molar-refractivity contribution in [1.82, 2.24) is 0 Å². The van der Waals surface area contributed by atoms with E-state index >= 15 is 0 Å². The second-order valence-electron chi connectivity index (χ2n) is 7.31. The Balaban J connectivity index is 2.20. The smallest absolute Gasteiger partial charge is 0.255 e. The van der Waals surface area contributed by atoms with Crippen LogP contribution in [0.5, 0.6) is 5.75 Å². The Bertz CT molecular complexity index is 1060. The standard InChI is InChI=1S/C21H20ClNO4/c1-21(2,3)13-6-4-12(5-7-13)19-20(26-11-17(23)24)18(25)15-10-14(22)8-9-16(15)27-19/h4-10H,11H2,1-3H3,(H2,23,24). The molecule has 0 fully saturated rings. The molecule has 0 radical (unpaired) electrons. The number of primary amides is 1. The number of carbonyl (C=O) groups is 1. The fourth-order valence-electron chi connectivity index (χ4n) is 2.74. The first-order valence-electron chi connectivity index (χ1n) is 8.45. The number of nitrogens with two attached hydrogens (primary N) is 1. The highest BCUT2D eigenvalue weighted by Crippen LogP contribution is 2.33. The maximum Gasteiger partial charge on any atom is 0.255 e. The molecule has 6 heteroatoms. The number of carbonyl (C=O) groups excluding carboxylic acids is 1. The van der Waals surface area contributed by atoms with Crippen LogP contribution in [0.3, 0.4) is 0 Å². The maximum atomic E-state index is 12.9. The van der Waals surface area contributed by atoms with Gasteiger partial charge in [-0.25, -0.2) is 0 Å². The lowest BCUT2D eigenvalue weighted by Gasteiger charge is -2.19. The number of rotatable bonds is 4. The number of hydrogen-bond acceptors (Lipinski definition) is 4. The van der Waals surface area contributed by atoms with E-state index in [2.05, 4.69) is 20.8 Å². The first kappa shape index (κ1) is 19.0. The van der Waals surface area contributed by atoms with E-state index in [1.54, 1.807) is 12.1 Å². The first-order valence-corrected chi connectivity index (χ1v) is 8.83. The van der Waals surface area contributed by atoms with E-state index in [0.717, 1.165) is 5.56 Å². The molecule has 27 heavy (non-hydrogen) atoms. The van der Waals surface area contributed by atoms with Crippen molar-refractivity contribution in [2.75, 3.05) is 6.61 Å². The van der Waals surface area contributed by atoms with E-state index in [4.69, 9.17) is 26.5 Å². The summed E-state index contributed by atoms with van der Waals surface area (Å²) >= 11 is 5.99. The summed E-state index contributed by atoms with van der Waals surface area (Å²) in [6.07, 6.45) is 0. The van der Waals surface area contributed by atoms with Gasteiger partial charge in [0.25, 0.3) is 5.91 Å². The Hall–Kier alpha value is -2.79. The minimum absolute atomic E-state index is 0.00913. The quantitative estimate of drug-likeness (QED) is 0.726. The second-order valence-corrected chi connectivity index (χ2v) is 7.75. The zero-order chi connectivity index (χ0) is 19.8. The number of amides is 1. The van der Waals surface area contributed by atoms with Gasteiger partial charge in [-0.2, -0.15) is 0 Å². The summed E-state index contributed by atoms with van der Waals surface area (Å²) in [5.74, 6) is -0.502. The van der Waals surface area contributed by atoms with Crippen LogP contribution in [0.4, 0.5) is 0 Å². The van der Waals surface area contributed by atoms with Gasteiger partial charge in [-0.15, -0.1) is 0 Å². The van der Waals surface area contributed by atoms with Crippen LogP contribution >= 0.6 is 11.6 Å². The molecule has 3 aromatic rings. The number of ether oxygens (including phenoxy) is 1. The molecule has 0 aliphatic rings. The van der Waals surface area contributed by atoms with Gasteiger partial charge in [-0.1, -0.05) is 56.6 Å². The van der Waals surface area contributed by atoms with Crippen molar-refractivity contribution in [2.24, 2.45) is 5.73 Å². The Morgan fingerprint density at radius 2 is 1.81 bits per heavy atom. The summed E-state index contributed by atoms with van der Waals surface area (Å²) in [7, 11) is 0. The predicted molar refractivity (Wildman–Crippen MR) is 106 cm³/mol. The molecule has 0 atom stereocenters. The third-order valence-corrected chi connectivity index (χ3v) is 4.42. The van der Waals surface area contributed by atoms with Gasteiger partial charge in [-0.3, -0.25) is 9.59 Å². The molecule has 2 aromatic carbocycles. The Labute approximate surface area is 161 Å². The topological polar surface area (TPSA) is 82.5 Å². The van der Waals surface area contributed by atoms with Gasteiger partial charge in [0.15, 0.2) is 12.4 Å². The van der Waals surface area contributed by atoms with Crippen LogP contribution in [0.2, 0.25) is 5.02 Å². The SMILES string of the molecule is CC(C)(C)c1ccc(-c2oc3ccc(Cl)cc3c(=O)c2OCC(N)=O)cc1. The van der Waals surface area contributed by atoms with Crippen molar-refractivity contribution in [3.8, 4) is 17.1 Å². The largest absolute Gasteiger partial charge is 0.476 e. The van der Waals surface area contributed by atoms with Gasteiger partial charge in [-0.05, 0) is 29.2 Å². The van der Waals surface area contributed by atoms with Crippen LogP contribution in [-0.4, -0.2) is 12.5 Å². The molecule has 0 unspecified atom stereocenters. The van der Waals surface area contributed by atoms with E-state index < -0.39 is 17.9 Å². The molecule has 3 rings (SSSR count). The number of fused-ring (bicyclic) bond motifs is 1. The molecule has 1 heterocycles. The van der Waals surface area contributed by atoms with E-state index in [-0.39, 0.29) is 22.3 Å². The first-order chi connectivity index (χ1) is 12.7. The summed E-state index contributed by atoms with van der Waals surface area (Å²) in [5, 5.41) is 0.676. The van der Waals surface area contributed by atoms with Gasteiger partial charge >= 0.3 is 0 Å². The second kappa shape index (κ2) is 7.08. The Kier molecular flexibility index (Phi) is 4.98. The predicted octanol–water partition coefficient (Wildman–Crippen LogP) is 4.28. The van der Waals surface area contributed by atoms with E-state index in [9.17, 15) is 9.59 Å². The van der Waals surface area contributed by atoms with Gasteiger partial charge in [0.2, 0.25) is 11.2 Å². The van der Waals surface area contributed by atoms with Crippen molar-refractivity contribution in [2.45, 2.75) is 26.2 Å². The molecular weight excluding hydrogens is 366 g/mol. The van der Waals surface area contributed by atoms with Crippen LogP contribution < -0.4 is 15.9 Å². The number of hydrogen-bond donors (Lipinski definition) is 1. The zero-order valence-electron chi connectivity index (χ0n) is 15.3. The summed E-state index contributed by atoms with van der Waals surface area (Å²) in [6, 6.07) is 12.4. The molecule has 1 amide bonds. The minimum Gasteiger partial charge on any atom is -0.476 e. The van der Waals surface area contributed by atoms with Crippen molar-refractivity contribution in [1.29, 1.82) is 0 Å². The van der Waals surface area contributed by atoms with E-state index in [0.29, 0.717) is 16.2 Å². The van der Waals surface area contributed by atoms with Crippen molar-refractivity contribution in [3.63, 3.8) is 0 Å². The third-order valence-electron chi connectivity index (χ3n) is 4.18. The van der Waals surface area contributed by atoms with Crippen LogP contribution in [0.15, 0.2) is 51.7 Å². The Morgan fingerprint density at radius 3 is 2.41 bits per heavy atom. The highest BCUT2D eigenvalue weighted by molar-refractivity contribution is 6.31. The fraction of sp³-hybridized carbons (Fsp3) is 0.238. The molecule has 0 saturated heterocycles. The lowest BCUT2D eigenvalue weighted by atomic mass is 9.86. The lowest BCUT2D eigenvalue weighted by molar-refractivity contribution is -0.119. The molecule has 0 spiro atoms. The molecule has 140 valence electrons. The van der Waals surface area contributed by atoms with Gasteiger partial charge < -0.3 is 14.9 Å². The molecule has 5 nitrogen and oxygen atoms in total. The number of halogens is 1. The van der Waals surface area contributed by atoms with Gasteiger partial charge in [0.05, 0.1) is 5.39 Å². The van der Waals surface area contributed by atoms with Gasteiger partial charge in [0, 0.05) is 10.6 Å². The summed E-state index contributed by atoms with van der Waals surface area (Å²) in [6.45, 7) is 5.92. The van der Waals surface area contributed by atoms with E-state index in [1.807, 2.05) is 24.3 Å². The maximum absolute atomic E-state index is 12.9.